The van der Waals surface area contributed by atoms with Crippen LogP contribution >= 0.6 is 52.7 Å². The summed E-state index contributed by atoms with van der Waals surface area (Å²) in [6, 6.07) is -0.899. The van der Waals surface area contributed by atoms with Crippen molar-refractivity contribution in [3.05, 3.63) is 10.6 Å². The molecule has 0 spiro atoms. The minimum atomic E-state index is -0.576. The summed E-state index contributed by atoms with van der Waals surface area (Å²) in [5.74, 6) is 0.529. The predicted molar refractivity (Wildman–Crippen MR) is 163 cm³/mol. The molecule has 0 saturated heterocycles. The molecule has 3 N–H and O–H groups in total. The number of nitrogens with two attached hydrogens (primary N) is 1. The van der Waals surface area contributed by atoms with E-state index in [2.05, 4.69) is 52.5 Å². The molecule has 0 amide bonds. The van der Waals surface area contributed by atoms with Gasteiger partial charge in [-0.05, 0) is 31.1 Å². The van der Waals surface area contributed by atoms with E-state index >= 15 is 0 Å². The molecule has 1 saturated carbocycles. The van der Waals surface area contributed by atoms with Crippen LogP contribution in [0.2, 0.25) is 0 Å². The van der Waals surface area contributed by atoms with Gasteiger partial charge >= 0.3 is 11.9 Å². The second-order valence-corrected chi connectivity index (χ2v) is 13.2. The molecule has 13 heteroatoms. The van der Waals surface area contributed by atoms with Gasteiger partial charge in [0, 0.05) is 36.5 Å². The number of thiol groups is 1. The van der Waals surface area contributed by atoms with Gasteiger partial charge in [-0.1, -0.05) is 43.6 Å². The molecule has 9 nitrogen and oxygen atoms in total. The molecule has 224 valence electrons. The molecule has 2 aliphatic carbocycles. The third-order valence-corrected chi connectivity index (χ3v) is 8.47. The average Bonchev–Trinajstić information content (AvgIpc) is 2.81. The van der Waals surface area contributed by atoms with Crippen molar-refractivity contribution < 1.29 is 33.4 Å². The number of thioether (sulfide) groups is 1. The van der Waals surface area contributed by atoms with Crippen LogP contribution in [0.4, 0.5) is 0 Å². The van der Waals surface area contributed by atoms with Crippen LogP contribution in [0.3, 0.4) is 0 Å². The standard InChI is InChI=1S/C13H19NO3S.C8H11BrO2.C5H11NO2S.ClH/c1-4-17-12(16)9-7-18-11-8(14-9)5-13(2,3)6-10(11)15;1-8(2)3-5(10)7(9)6(11)4-8;1-2-8-5(7)4(6)3-9;/h9,14H,4-7H2,1-3H3;7H,3-4H2,1-2H3;4,9H,2-3,6H2,1H3;1H. The Kier molecular flexibility index (Phi) is 16.5. The number of hydrogen-bond donors (Lipinski definition) is 3. The molecule has 0 bridgehead atoms. The number of nitrogens with one attached hydrogen (secondary N) is 1. The van der Waals surface area contributed by atoms with Gasteiger partial charge in [-0.3, -0.25) is 19.2 Å². The van der Waals surface area contributed by atoms with E-state index in [-0.39, 0.29) is 58.6 Å². The first-order valence-electron chi connectivity index (χ1n) is 12.6. The van der Waals surface area contributed by atoms with Crippen LogP contribution in [0.1, 0.15) is 67.2 Å². The van der Waals surface area contributed by atoms with Gasteiger partial charge in [-0.2, -0.15) is 12.6 Å². The number of halogens is 2. The topological polar surface area (TPSA) is 142 Å². The molecule has 0 aromatic carbocycles. The van der Waals surface area contributed by atoms with E-state index in [0.29, 0.717) is 44.0 Å². The summed E-state index contributed by atoms with van der Waals surface area (Å²) >= 11 is 8.38. The zero-order valence-electron chi connectivity index (χ0n) is 23.5. The smallest absolute Gasteiger partial charge is 0.329 e. The lowest BCUT2D eigenvalue weighted by Gasteiger charge is -2.36. The van der Waals surface area contributed by atoms with Gasteiger partial charge in [-0.15, -0.1) is 24.2 Å². The maximum atomic E-state index is 12.0. The van der Waals surface area contributed by atoms with E-state index in [4.69, 9.17) is 10.5 Å². The zero-order valence-corrected chi connectivity index (χ0v) is 27.6. The number of rotatable bonds is 5. The van der Waals surface area contributed by atoms with Crippen molar-refractivity contribution in [1.82, 2.24) is 5.32 Å². The van der Waals surface area contributed by atoms with Crippen molar-refractivity contribution in [2.45, 2.75) is 84.1 Å². The van der Waals surface area contributed by atoms with Crippen molar-refractivity contribution in [1.29, 1.82) is 0 Å². The number of carbonyl (C=O) groups excluding carboxylic acids is 5. The minimum absolute atomic E-state index is 0. The Morgan fingerprint density at radius 1 is 1.03 bits per heavy atom. The van der Waals surface area contributed by atoms with Crippen LogP contribution in [0, 0.1) is 10.8 Å². The van der Waals surface area contributed by atoms with Crippen molar-refractivity contribution in [2.75, 3.05) is 24.7 Å². The van der Waals surface area contributed by atoms with Crippen LogP contribution in [0.15, 0.2) is 10.6 Å². The number of ether oxygens (including phenoxy) is 2. The van der Waals surface area contributed by atoms with Gasteiger partial charge in [0.15, 0.2) is 17.3 Å². The van der Waals surface area contributed by atoms with Gasteiger partial charge in [0.05, 0.1) is 18.1 Å². The third-order valence-electron chi connectivity index (χ3n) is 5.79. The number of esters is 2. The molecule has 39 heavy (non-hydrogen) atoms. The molecule has 1 heterocycles. The van der Waals surface area contributed by atoms with Crippen molar-refractivity contribution in [3.63, 3.8) is 0 Å². The molecule has 3 rings (SSSR count). The third kappa shape index (κ3) is 12.5. The Morgan fingerprint density at radius 3 is 2.03 bits per heavy atom. The largest absolute Gasteiger partial charge is 0.465 e. The molecule has 1 fully saturated rings. The maximum absolute atomic E-state index is 12.0. The van der Waals surface area contributed by atoms with Gasteiger partial charge in [0.2, 0.25) is 0 Å². The second kappa shape index (κ2) is 17.0. The van der Waals surface area contributed by atoms with E-state index < -0.39 is 10.9 Å². The first kappa shape index (κ1) is 37.9. The minimum Gasteiger partial charge on any atom is -0.465 e. The Bertz CT molecular complexity index is 923. The molecule has 0 aromatic heterocycles. The highest BCUT2D eigenvalue weighted by atomic mass is 79.9. The normalized spacial score (nSPS) is 22.4. The molecular formula is C26H42BrClN2O7S2. The van der Waals surface area contributed by atoms with Crippen LogP contribution in [0.25, 0.3) is 0 Å². The predicted octanol–water partition coefficient (Wildman–Crippen LogP) is 3.79. The number of ketones is 3. The first-order valence-corrected chi connectivity index (χ1v) is 15.2. The van der Waals surface area contributed by atoms with Crippen molar-refractivity contribution >= 4 is 82.0 Å². The van der Waals surface area contributed by atoms with Crippen LogP contribution in [-0.4, -0.2) is 70.9 Å². The van der Waals surface area contributed by atoms with Gasteiger partial charge < -0.3 is 20.5 Å². The number of allylic oxidation sites excluding steroid dienone is 2. The summed E-state index contributed by atoms with van der Waals surface area (Å²) in [5, 5.41) is 3.19. The molecule has 0 aromatic rings. The lowest BCUT2D eigenvalue weighted by atomic mass is 9.76. The number of carbonyl (C=O) groups is 5. The molecule has 2 unspecified atom stereocenters. The lowest BCUT2D eigenvalue weighted by Crippen LogP contribution is -2.45. The van der Waals surface area contributed by atoms with E-state index in [9.17, 15) is 24.0 Å². The molecule has 1 aliphatic heterocycles. The molecular weight excluding hydrogens is 632 g/mol. The van der Waals surface area contributed by atoms with Crippen LogP contribution < -0.4 is 11.1 Å². The highest BCUT2D eigenvalue weighted by Gasteiger charge is 2.39. The maximum Gasteiger partial charge on any atom is 0.329 e. The SMILES string of the molecule is CC1(C)CC(=O)C(Br)C(=O)C1.CCOC(=O)C(N)CS.CCOC(=O)C1CSC2=C(CC(C)(C)CC2=O)N1.Cl. The first-order chi connectivity index (χ1) is 17.6. The summed E-state index contributed by atoms with van der Waals surface area (Å²) in [6.07, 6.45) is 2.42. The highest BCUT2D eigenvalue weighted by molar-refractivity contribution is 9.10. The monoisotopic (exact) mass is 672 g/mol. The van der Waals surface area contributed by atoms with E-state index in [1.165, 1.54) is 11.8 Å². The quantitative estimate of drug-likeness (QED) is 0.171. The van der Waals surface area contributed by atoms with Crippen LogP contribution in [0.5, 0.6) is 0 Å². The van der Waals surface area contributed by atoms with Crippen LogP contribution in [-0.2, 0) is 33.4 Å². The fourth-order valence-electron chi connectivity index (χ4n) is 4.07. The van der Waals surface area contributed by atoms with Gasteiger partial charge in [-0.25, -0.2) is 4.79 Å². The highest BCUT2D eigenvalue weighted by Crippen LogP contribution is 2.41. The summed E-state index contributed by atoms with van der Waals surface area (Å²) in [7, 11) is 0. The fourth-order valence-corrected chi connectivity index (χ4v) is 5.63. The molecule has 3 aliphatic rings. The Labute approximate surface area is 255 Å². The summed E-state index contributed by atoms with van der Waals surface area (Å²) in [6.45, 7) is 12.3. The summed E-state index contributed by atoms with van der Waals surface area (Å²) in [5.41, 5.74) is 6.02. The number of hydrogen-bond acceptors (Lipinski definition) is 11. The lowest BCUT2D eigenvalue weighted by molar-refractivity contribution is -0.145. The fraction of sp³-hybridized carbons (Fsp3) is 0.731. The summed E-state index contributed by atoms with van der Waals surface area (Å²) < 4.78 is 9.60. The van der Waals surface area contributed by atoms with E-state index in [1.54, 1.807) is 13.8 Å². The van der Waals surface area contributed by atoms with Crippen molar-refractivity contribution in [3.8, 4) is 0 Å². The van der Waals surface area contributed by atoms with E-state index in [1.807, 2.05) is 13.8 Å². The average molecular weight is 674 g/mol. The summed E-state index contributed by atoms with van der Waals surface area (Å²) in [4.78, 5) is 56.9. The number of Topliss-reactive ketones (excluding diaryl/α,β-unsaturated/α-hetero) is 3. The zero-order chi connectivity index (χ0) is 29.3. The molecule has 0 radical (unpaired) electrons. The van der Waals surface area contributed by atoms with Gasteiger partial charge in [0.25, 0.3) is 0 Å². The molecule has 2 atom stereocenters. The second-order valence-electron chi connectivity index (χ2n) is 10.9. The van der Waals surface area contributed by atoms with Crippen molar-refractivity contribution in [2.24, 2.45) is 16.6 Å². The van der Waals surface area contributed by atoms with Gasteiger partial charge in [0.1, 0.15) is 16.9 Å². The Morgan fingerprint density at radius 2 is 1.54 bits per heavy atom. The Balaban J connectivity index is 0.000000594. The van der Waals surface area contributed by atoms with E-state index in [0.717, 1.165) is 17.0 Å². The number of alkyl halides is 1. The Hall–Kier alpha value is -1.08.